The van der Waals surface area contributed by atoms with Gasteiger partial charge in [-0.05, 0) is 54.7 Å². The van der Waals surface area contributed by atoms with Gasteiger partial charge in [-0.15, -0.1) is 0 Å². The van der Waals surface area contributed by atoms with Gasteiger partial charge in [0.05, 0.1) is 5.41 Å². The van der Waals surface area contributed by atoms with E-state index in [9.17, 15) is 9.59 Å². The average molecular weight is 381 g/mol. The van der Waals surface area contributed by atoms with Crippen molar-refractivity contribution >= 4 is 23.2 Å². The Morgan fingerprint density at radius 2 is 1.75 bits per heavy atom. The van der Waals surface area contributed by atoms with Crippen molar-refractivity contribution in [3.63, 3.8) is 0 Å². The first-order chi connectivity index (χ1) is 13.1. The van der Waals surface area contributed by atoms with Crippen LogP contribution >= 0.6 is 0 Å². The number of anilines is 2. The molecule has 6 nitrogen and oxygen atoms in total. The number of nitrogen functional groups attached to an aromatic ring is 1. The third-order valence-corrected chi connectivity index (χ3v) is 6.28. The molecule has 1 aliphatic rings. The Bertz CT molecular complexity index is 892. The maximum absolute atomic E-state index is 13.1. The van der Waals surface area contributed by atoms with Gasteiger partial charge in [0.1, 0.15) is 11.5 Å². The zero-order chi connectivity index (χ0) is 20.5. The first kappa shape index (κ1) is 19.7. The summed E-state index contributed by atoms with van der Waals surface area (Å²) in [5, 5.41) is 2.98. The Hall–Kier alpha value is -3.02. The minimum Gasteiger partial charge on any atom is -0.457 e. The van der Waals surface area contributed by atoms with Crippen molar-refractivity contribution in [3.8, 4) is 11.5 Å². The molecule has 0 spiro atoms. The van der Waals surface area contributed by atoms with Crippen LogP contribution in [0.25, 0.3) is 0 Å². The van der Waals surface area contributed by atoms with Gasteiger partial charge in [-0.25, -0.2) is 0 Å². The molecule has 1 saturated carbocycles. The van der Waals surface area contributed by atoms with Crippen molar-refractivity contribution in [3.05, 3.63) is 48.5 Å². The van der Waals surface area contributed by atoms with E-state index in [1.54, 1.807) is 30.3 Å². The van der Waals surface area contributed by atoms with E-state index in [1.165, 1.54) is 0 Å². The fourth-order valence-corrected chi connectivity index (χ4v) is 3.98. The summed E-state index contributed by atoms with van der Waals surface area (Å²) in [6, 6.07) is 14.3. The van der Waals surface area contributed by atoms with Crippen LogP contribution in [0.3, 0.4) is 0 Å². The molecule has 2 amide bonds. The number of benzene rings is 2. The summed E-state index contributed by atoms with van der Waals surface area (Å²) in [6.07, 6.45) is 1.23. The van der Waals surface area contributed by atoms with Gasteiger partial charge in [-0.2, -0.15) is 0 Å². The molecule has 0 heterocycles. The lowest BCUT2D eigenvalue weighted by Gasteiger charge is -2.39. The van der Waals surface area contributed by atoms with Crippen LogP contribution in [0.1, 0.15) is 33.6 Å². The average Bonchev–Trinajstić information content (AvgIpc) is 2.88. The second kappa shape index (κ2) is 7.19. The molecule has 148 valence electrons. The van der Waals surface area contributed by atoms with Crippen LogP contribution in [0, 0.1) is 16.7 Å². The molecule has 0 radical (unpaired) electrons. The highest BCUT2D eigenvalue weighted by Crippen LogP contribution is 2.56. The quantitative estimate of drug-likeness (QED) is 0.682. The number of carbonyl (C=O) groups excluding carboxylic acids is 2. The molecule has 0 saturated heterocycles. The summed E-state index contributed by atoms with van der Waals surface area (Å²) >= 11 is 0. The van der Waals surface area contributed by atoms with E-state index in [1.807, 2.05) is 39.0 Å². The van der Waals surface area contributed by atoms with Crippen LogP contribution in [0.5, 0.6) is 11.5 Å². The third kappa shape index (κ3) is 3.54. The normalized spacial score (nSPS) is 23.2. The Labute approximate surface area is 165 Å². The molecule has 0 aliphatic heterocycles. The molecule has 28 heavy (non-hydrogen) atoms. The SMILES string of the molecule is CC1(C(=O)Nc2cccc(Oc3ccc(N)cc3)c2)CCC(C(N)=O)C1(C)C. The number of nitrogens with two attached hydrogens (primary N) is 2. The number of amides is 2. The van der Waals surface area contributed by atoms with E-state index >= 15 is 0 Å². The van der Waals surface area contributed by atoms with E-state index in [0.717, 1.165) is 0 Å². The number of nitrogens with one attached hydrogen (secondary N) is 1. The van der Waals surface area contributed by atoms with Crippen molar-refractivity contribution in [2.75, 3.05) is 11.1 Å². The monoisotopic (exact) mass is 381 g/mol. The lowest BCUT2D eigenvalue weighted by Crippen LogP contribution is -2.46. The molecule has 1 aliphatic carbocycles. The summed E-state index contributed by atoms with van der Waals surface area (Å²) in [6.45, 7) is 5.78. The second-order valence-electron chi connectivity index (χ2n) is 8.20. The Balaban J connectivity index is 1.76. The van der Waals surface area contributed by atoms with Crippen molar-refractivity contribution in [2.24, 2.45) is 22.5 Å². The molecule has 0 aromatic heterocycles. The number of hydrogen-bond donors (Lipinski definition) is 3. The first-order valence-corrected chi connectivity index (χ1v) is 9.38. The molecule has 2 unspecified atom stereocenters. The summed E-state index contributed by atoms with van der Waals surface area (Å²) in [4.78, 5) is 24.9. The Morgan fingerprint density at radius 3 is 2.36 bits per heavy atom. The molecule has 5 N–H and O–H groups in total. The number of rotatable bonds is 5. The highest BCUT2D eigenvalue weighted by molar-refractivity contribution is 5.97. The zero-order valence-electron chi connectivity index (χ0n) is 16.5. The van der Waals surface area contributed by atoms with E-state index < -0.39 is 10.8 Å². The standard InChI is InChI=1S/C22H27N3O3/c1-21(2)18(19(24)26)11-12-22(21,3)20(27)25-15-5-4-6-17(13-15)28-16-9-7-14(23)8-10-16/h4-10,13,18H,11-12,23H2,1-3H3,(H2,24,26)(H,25,27). The molecule has 2 aromatic rings. The lowest BCUT2D eigenvalue weighted by atomic mass is 9.65. The number of carbonyl (C=O) groups is 2. The Morgan fingerprint density at radius 1 is 1.07 bits per heavy atom. The predicted molar refractivity (Wildman–Crippen MR) is 110 cm³/mol. The van der Waals surface area contributed by atoms with E-state index in [2.05, 4.69) is 5.32 Å². The van der Waals surface area contributed by atoms with Crippen LogP contribution in [-0.4, -0.2) is 11.8 Å². The van der Waals surface area contributed by atoms with Crippen molar-refractivity contribution in [1.29, 1.82) is 0 Å². The number of primary amides is 1. The van der Waals surface area contributed by atoms with E-state index in [4.69, 9.17) is 16.2 Å². The highest BCUT2D eigenvalue weighted by atomic mass is 16.5. The fourth-order valence-electron chi connectivity index (χ4n) is 3.98. The van der Waals surface area contributed by atoms with Gasteiger partial charge >= 0.3 is 0 Å². The number of ether oxygens (including phenoxy) is 1. The second-order valence-corrected chi connectivity index (χ2v) is 8.20. The maximum atomic E-state index is 13.1. The topological polar surface area (TPSA) is 107 Å². The smallest absolute Gasteiger partial charge is 0.230 e. The molecular weight excluding hydrogens is 354 g/mol. The molecule has 1 fully saturated rings. The van der Waals surface area contributed by atoms with Gasteiger partial charge in [0.15, 0.2) is 0 Å². The third-order valence-electron chi connectivity index (χ3n) is 6.28. The summed E-state index contributed by atoms with van der Waals surface area (Å²) < 4.78 is 5.83. The minimum atomic E-state index is -0.694. The van der Waals surface area contributed by atoms with E-state index in [-0.39, 0.29) is 17.7 Å². The van der Waals surface area contributed by atoms with Gasteiger partial charge in [0.25, 0.3) is 0 Å². The van der Waals surface area contributed by atoms with Crippen molar-refractivity contribution in [2.45, 2.75) is 33.6 Å². The van der Waals surface area contributed by atoms with Crippen LogP contribution in [-0.2, 0) is 9.59 Å². The van der Waals surface area contributed by atoms with Gasteiger partial charge in [-0.3, -0.25) is 9.59 Å². The van der Waals surface area contributed by atoms with Gasteiger partial charge in [0, 0.05) is 23.4 Å². The first-order valence-electron chi connectivity index (χ1n) is 9.38. The lowest BCUT2D eigenvalue weighted by molar-refractivity contribution is -0.133. The summed E-state index contributed by atoms with van der Waals surface area (Å²) in [5.74, 6) is 0.481. The molecule has 2 aromatic carbocycles. The predicted octanol–water partition coefficient (Wildman–Crippen LogP) is 3.93. The molecule has 0 bridgehead atoms. The number of hydrogen-bond acceptors (Lipinski definition) is 4. The van der Waals surface area contributed by atoms with Crippen LogP contribution < -0.4 is 21.5 Å². The molecular formula is C22H27N3O3. The van der Waals surface area contributed by atoms with Crippen LogP contribution in [0.15, 0.2) is 48.5 Å². The summed E-state index contributed by atoms with van der Waals surface area (Å²) in [5.41, 5.74) is 11.3. The molecule has 3 rings (SSSR count). The summed E-state index contributed by atoms with van der Waals surface area (Å²) in [7, 11) is 0. The van der Waals surface area contributed by atoms with Gasteiger partial charge in [-0.1, -0.05) is 26.8 Å². The van der Waals surface area contributed by atoms with Gasteiger partial charge < -0.3 is 21.5 Å². The van der Waals surface area contributed by atoms with Crippen molar-refractivity contribution < 1.29 is 14.3 Å². The van der Waals surface area contributed by atoms with E-state index in [0.29, 0.717) is 35.7 Å². The zero-order valence-corrected chi connectivity index (χ0v) is 16.5. The molecule has 2 atom stereocenters. The van der Waals surface area contributed by atoms with Gasteiger partial charge in [0.2, 0.25) is 11.8 Å². The van der Waals surface area contributed by atoms with Crippen LogP contribution in [0.2, 0.25) is 0 Å². The largest absolute Gasteiger partial charge is 0.457 e. The minimum absolute atomic E-state index is 0.120. The van der Waals surface area contributed by atoms with Crippen LogP contribution in [0.4, 0.5) is 11.4 Å². The fraction of sp³-hybridized carbons (Fsp3) is 0.364. The Kier molecular flexibility index (Phi) is 5.06. The highest BCUT2D eigenvalue weighted by Gasteiger charge is 2.57. The molecule has 6 heteroatoms. The maximum Gasteiger partial charge on any atom is 0.230 e. The van der Waals surface area contributed by atoms with Crippen molar-refractivity contribution in [1.82, 2.24) is 0 Å².